The SMILES string of the molecule is CN(C)C(=O)Nc1cccc([N+](=O)[O-])c1O. The Morgan fingerprint density at radius 3 is 2.62 bits per heavy atom. The van der Waals surface area contributed by atoms with E-state index in [9.17, 15) is 20.0 Å². The lowest BCUT2D eigenvalue weighted by Crippen LogP contribution is -2.27. The third-order valence-electron chi connectivity index (χ3n) is 1.86. The van der Waals surface area contributed by atoms with Crippen LogP contribution in [0.15, 0.2) is 18.2 Å². The Labute approximate surface area is 91.4 Å². The number of hydrogen-bond acceptors (Lipinski definition) is 4. The van der Waals surface area contributed by atoms with Gasteiger partial charge in [0.25, 0.3) is 0 Å². The van der Waals surface area contributed by atoms with Crippen LogP contribution in [0.5, 0.6) is 5.75 Å². The predicted octanol–water partition coefficient (Wildman–Crippen LogP) is 1.39. The second kappa shape index (κ2) is 4.47. The van der Waals surface area contributed by atoms with E-state index in [2.05, 4.69) is 5.32 Å². The highest BCUT2D eigenvalue weighted by Crippen LogP contribution is 2.33. The molecule has 0 bridgehead atoms. The van der Waals surface area contributed by atoms with Crippen molar-refractivity contribution in [3.05, 3.63) is 28.3 Å². The largest absolute Gasteiger partial charge is 0.501 e. The summed E-state index contributed by atoms with van der Waals surface area (Å²) in [4.78, 5) is 22.3. The molecule has 2 amide bonds. The topological polar surface area (TPSA) is 95.7 Å². The molecule has 2 N–H and O–H groups in total. The number of para-hydroxylation sites is 1. The average Bonchev–Trinajstić information content (AvgIpc) is 2.20. The number of urea groups is 1. The van der Waals surface area contributed by atoms with Crippen molar-refractivity contribution in [2.24, 2.45) is 0 Å². The van der Waals surface area contributed by atoms with Gasteiger partial charge in [0, 0.05) is 20.2 Å². The molecule has 1 aromatic rings. The number of nitrogens with one attached hydrogen (secondary N) is 1. The van der Waals surface area contributed by atoms with Gasteiger partial charge in [-0.05, 0) is 6.07 Å². The Morgan fingerprint density at radius 2 is 2.12 bits per heavy atom. The minimum atomic E-state index is -0.722. The molecule has 0 saturated heterocycles. The molecule has 1 rings (SSSR count). The molecular formula is C9H11N3O4. The number of amides is 2. The van der Waals surface area contributed by atoms with Crippen LogP contribution in [-0.2, 0) is 0 Å². The van der Waals surface area contributed by atoms with E-state index < -0.39 is 22.4 Å². The molecule has 0 aliphatic rings. The Kier molecular flexibility index (Phi) is 3.29. The van der Waals surface area contributed by atoms with Crippen LogP contribution in [0.2, 0.25) is 0 Å². The number of phenols is 1. The standard InChI is InChI=1S/C9H11N3O4/c1-11(2)9(14)10-6-4-3-5-7(8(6)13)12(15)16/h3-5,13H,1-2H3,(H,10,14). The maximum atomic E-state index is 11.3. The smallest absolute Gasteiger partial charge is 0.321 e. The van der Waals surface area contributed by atoms with Gasteiger partial charge in [-0.3, -0.25) is 10.1 Å². The normalized spacial score (nSPS) is 9.62. The molecular weight excluding hydrogens is 214 g/mol. The van der Waals surface area contributed by atoms with E-state index >= 15 is 0 Å². The molecule has 0 saturated carbocycles. The second-order valence-corrected chi connectivity index (χ2v) is 3.25. The van der Waals surface area contributed by atoms with E-state index in [4.69, 9.17) is 0 Å². The molecule has 86 valence electrons. The lowest BCUT2D eigenvalue weighted by molar-refractivity contribution is -0.385. The van der Waals surface area contributed by atoms with Crippen molar-refractivity contribution in [3.63, 3.8) is 0 Å². The van der Waals surface area contributed by atoms with Gasteiger partial charge in [0.05, 0.1) is 10.6 Å². The van der Waals surface area contributed by atoms with Gasteiger partial charge in [-0.15, -0.1) is 0 Å². The van der Waals surface area contributed by atoms with Crippen LogP contribution < -0.4 is 5.32 Å². The highest BCUT2D eigenvalue weighted by Gasteiger charge is 2.17. The highest BCUT2D eigenvalue weighted by molar-refractivity contribution is 5.91. The lowest BCUT2D eigenvalue weighted by atomic mass is 10.2. The van der Waals surface area contributed by atoms with Gasteiger partial charge in [-0.2, -0.15) is 0 Å². The Balaban J connectivity index is 3.02. The van der Waals surface area contributed by atoms with E-state index in [0.717, 1.165) is 6.07 Å². The molecule has 16 heavy (non-hydrogen) atoms. The molecule has 7 heteroatoms. The predicted molar refractivity (Wildman–Crippen MR) is 57.5 cm³/mol. The van der Waals surface area contributed by atoms with Gasteiger partial charge in [-0.25, -0.2) is 4.79 Å². The van der Waals surface area contributed by atoms with Crippen molar-refractivity contribution in [2.75, 3.05) is 19.4 Å². The van der Waals surface area contributed by atoms with Crippen LogP contribution >= 0.6 is 0 Å². The monoisotopic (exact) mass is 225 g/mol. The van der Waals surface area contributed by atoms with Gasteiger partial charge < -0.3 is 15.3 Å². The molecule has 0 radical (unpaired) electrons. The number of nitrogens with zero attached hydrogens (tertiary/aromatic N) is 2. The van der Waals surface area contributed by atoms with Crippen LogP contribution in [0.1, 0.15) is 0 Å². The summed E-state index contributed by atoms with van der Waals surface area (Å²) < 4.78 is 0. The fourth-order valence-corrected chi connectivity index (χ4v) is 1.01. The molecule has 0 aliphatic carbocycles. The van der Waals surface area contributed by atoms with Crippen LogP contribution in [0.3, 0.4) is 0 Å². The van der Waals surface area contributed by atoms with E-state index in [0.29, 0.717) is 0 Å². The number of carbonyl (C=O) groups excluding carboxylic acids is 1. The van der Waals surface area contributed by atoms with Crippen molar-refractivity contribution < 1.29 is 14.8 Å². The zero-order chi connectivity index (χ0) is 12.3. The number of benzene rings is 1. The summed E-state index contributed by atoms with van der Waals surface area (Å²) in [5.74, 6) is -0.553. The maximum Gasteiger partial charge on any atom is 0.321 e. The number of nitro benzene ring substituents is 1. The third kappa shape index (κ3) is 2.38. The molecule has 0 heterocycles. The first-order valence-corrected chi connectivity index (χ1v) is 4.38. The van der Waals surface area contributed by atoms with Crippen LogP contribution in [0.4, 0.5) is 16.2 Å². The zero-order valence-electron chi connectivity index (χ0n) is 8.80. The number of aromatic hydroxyl groups is 1. The second-order valence-electron chi connectivity index (χ2n) is 3.25. The Bertz CT molecular complexity index is 431. The van der Waals surface area contributed by atoms with E-state index in [1.807, 2.05) is 0 Å². The summed E-state index contributed by atoms with van der Waals surface area (Å²) >= 11 is 0. The molecule has 0 atom stereocenters. The number of anilines is 1. The average molecular weight is 225 g/mol. The van der Waals surface area contributed by atoms with Crippen molar-refractivity contribution in [2.45, 2.75) is 0 Å². The zero-order valence-corrected chi connectivity index (χ0v) is 8.80. The first-order chi connectivity index (χ1) is 7.43. The third-order valence-corrected chi connectivity index (χ3v) is 1.86. The minimum absolute atomic E-state index is 0.00731. The fraction of sp³-hybridized carbons (Fsp3) is 0.222. The molecule has 7 nitrogen and oxygen atoms in total. The number of carbonyl (C=O) groups is 1. The maximum absolute atomic E-state index is 11.3. The summed E-state index contributed by atoms with van der Waals surface area (Å²) in [5, 5.41) is 22.4. The van der Waals surface area contributed by atoms with Gasteiger partial charge in [0.1, 0.15) is 0 Å². The highest BCUT2D eigenvalue weighted by atomic mass is 16.6. The fourth-order valence-electron chi connectivity index (χ4n) is 1.01. The minimum Gasteiger partial charge on any atom is -0.501 e. The molecule has 1 aromatic carbocycles. The van der Waals surface area contributed by atoms with Gasteiger partial charge >= 0.3 is 11.7 Å². The molecule has 0 aliphatic heterocycles. The summed E-state index contributed by atoms with van der Waals surface area (Å²) in [5.41, 5.74) is -0.440. The van der Waals surface area contributed by atoms with E-state index in [-0.39, 0.29) is 5.69 Å². The van der Waals surface area contributed by atoms with Crippen molar-refractivity contribution in [1.29, 1.82) is 0 Å². The quantitative estimate of drug-likeness (QED) is 0.451. The summed E-state index contributed by atoms with van der Waals surface area (Å²) in [6.45, 7) is 0. The number of nitro groups is 1. The number of phenolic OH excluding ortho intramolecular Hbond substituents is 1. The van der Waals surface area contributed by atoms with Gasteiger partial charge in [0.15, 0.2) is 0 Å². The van der Waals surface area contributed by atoms with E-state index in [1.165, 1.54) is 31.1 Å². The number of hydrogen-bond donors (Lipinski definition) is 2. The van der Waals surface area contributed by atoms with Crippen LogP contribution in [-0.4, -0.2) is 35.1 Å². The summed E-state index contributed by atoms with van der Waals surface area (Å²) in [7, 11) is 3.04. The van der Waals surface area contributed by atoms with Gasteiger partial charge in [0.2, 0.25) is 5.75 Å². The molecule has 0 spiro atoms. The molecule has 0 unspecified atom stereocenters. The Hall–Kier alpha value is -2.31. The molecule has 0 aromatic heterocycles. The van der Waals surface area contributed by atoms with Crippen molar-refractivity contribution >= 4 is 17.4 Å². The van der Waals surface area contributed by atoms with E-state index in [1.54, 1.807) is 0 Å². The summed E-state index contributed by atoms with van der Waals surface area (Å²) in [6.07, 6.45) is 0. The van der Waals surface area contributed by atoms with Crippen molar-refractivity contribution in [1.82, 2.24) is 4.90 Å². The van der Waals surface area contributed by atoms with Crippen LogP contribution in [0.25, 0.3) is 0 Å². The first kappa shape index (κ1) is 11.8. The number of rotatable bonds is 2. The Morgan fingerprint density at radius 1 is 1.50 bits per heavy atom. The van der Waals surface area contributed by atoms with Crippen LogP contribution in [0, 0.1) is 10.1 Å². The lowest BCUT2D eigenvalue weighted by Gasteiger charge is -2.12. The molecule has 0 fully saturated rings. The first-order valence-electron chi connectivity index (χ1n) is 4.38. The van der Waals surface area contributed by atoms with Gasteiger partial charge in [-0.1, -0.05) is 6.07 Å². The summed E-state index contributed by atoms with van der Waals surface area (Å²) in [6, 6.07) is 3.43. The van der Waals surface area contributed by atoms with Crippen molar-refractivity contribution in [3.8, 4) is 5.75 Å².